The monoisotopic (exact) mass is 320 g/mol. The van der Waals surface area contributed by atoms with Gasteiger partial charge in [0.1, 0.15) is 17.5 Å². The maximum atomic E-state index is 4.38. The largest absolute Gasteiger partial charge is 0.373 e. The van der Waals surface area contributed by atoms with Crippen molar-refractivity contribution in [2.24, 2.45) is 0 Å². The quantitative estimate of drug-likeness (QED) is 0.899. The minimum absolute atomic E-state index is 0.736. The molecule has 0 aliphatic carbocycles. The summed E-state index contributed by atoms with van der Waals surface area (Å²) in [7, 11) is 1.85. The molecule has 0 aliphatic heterocycles. The lowest BCUT2D eigenvalue weighted by Crippen LogP contribution is -2.01. The summed E-state index contributed by atoms with van der Waals surface area (Å²) in [6.45, 7) is 6.03. The fourth-order valence-corrected chi connectivity index (χ4v) is 2.15. The molecular weight excluding hydrogens is 304 g/mol. The SMILES string of the molecule is CNc1cc(Nc2cc(C)c(Br)c(C)c2)nc(C)n1. The first-order chi connectivity index (χ1) is 8.99. The maximum absolute atomic E-state index is 4.38. The minimum atomic E-state index is 0.736. The van der Waals surface area contributed by atoms with Crippen LogP contribution < -0.4 is 10.6 Å². The third kappa shape index (κ3) is 3.23. The van der Waals surface area contributed by atoms with Gasteiger partial charge in [-0.3, -0.25) is 0 Å². The number of aromatic nitrogens is 2. The number of halogens is 1. The summed E-state index contributed by atoms with van der Waals surface area (Å²) in [4.78, 5) is 8.66. The molecule has 2 rings (SSSR count). The van der Waals surface area contributed by atoms with Gasteiger partial charge in [0.15, 0.2) is 0 Å². The van der Waals surface area contributed by atoms with Crippen molar-refractivity contribution < 1.29 is 0 Å². The van der Waals surface area contributed by atoms with Crippen LogP contribution in [0.4, 0.5) is 17.3 Å². The van der Waals surface area contributed by atoms with Crippen LogP contribution >= 0.6 is 15.9 Å². The Morgan fingerprint density at radius 3 is 2.11 bits per heavy atom. The Balaban J connectivity index is 2.33. The molecule has 5 heteroatoms. The summed E-state index contributed by atoms with van der Waals surface area (Å²) in [6.07, 6.45) is 0. The Morgan fingerprint density at radius 2 is 1.53 bits per heavy atom. The zero-order valence-electron chi connectivity index (χ0n) is 11.5. The van der Waals surface area contributed by atoms with E-state index in [4.69, 9.17) is 0 Å². The first-order valence-electron chi connectivity index (χ1n) is 6.07. The second-order valence-corrected chi connectivity index (χ2v) is 5.28. The molecule has 0 fully saturated rings. The summed E-state index contributed by atoms with van der Waals surface area (Å²) < 4.78 is 1.15. The summed E-state index contributed by atoms with van der Waals surface area (Å²) in [5, 5.41) is 6.34. The smallest absolute Gasteiger partial charge is 0.136 e. The number of aryl methyl sites for hydroxylation is 3. The second-order valence-electron chi connectivity index (χ2n) is 4.48. The molecule has 0 unspecified atom stereocenters. The van der Waals surface area contributed by atoms with Gasteiger partial charge in [-0.2, -0.15) is 0 Å². The lowest BCUT2D eigenvalue weighted by molar-refractivity contribution is 1.05. The van der Waals surface area contributed by atoms with Crippen LogP contribution in [-0.4, -0.2) is 17.0 Å². The average molecular weight is 321 g/mol. The number of nitrogens with one attached hydrogen (secondary N) is 2. The van der Waals surface area contributed by atoms with Crippen molar-refractivity contribution in [2.75, 3.05) is 17.7 Å². The van der Waals surface area contributed by atoms with E-state index in [1.807, 2.05) is 20.0 Å². The van der Waals surface area contributed by atoms with Crippen LogP contribution in [0.15, 0.2) is 22.7 Å². The van der Waals surface area contributed by atoms with E-state index in [1.165, 1.54) is 11.1 Å². The molecule has 0 atom stereocenters. The Bertz CT molecular complexity index is 587. The Hall–Kier alpha value is -1.62. The van der Waals surface area contributed by atoms with Gasteiger partial charge in [-0.25, -0.2) is 9.97 Å². The fraction of sp³-hybridized carbons (Fsp3) is 0.286. The van der Waals surface area contributed by atoms with E-state index in [-0.39, 0.29) is 0 Å². The number of hydrogen-bond donors (Lipinski definition) is 2. The molecule has 1 aromatic carbocycles. The zero-order chi connectivity index (χ0) is 14.0. The molecule has 1 heterocycles. The van der Waals surface area contributed by atoms with Gasteiger partial charge in [0, 0.05) is 23.3 Å². The van der Waals surface area contributed by atoms with Crippen LogP contribution in [0.3, 0.4) is 0 Å². The van der Waals surface area contributed by atoms with Crippen LogP contribution in [0.5, 0.6) is 0 Å². The lowest BCUT2D eigenvalue weighted by Gasteiger charge is -2.11. The molecule has 0 radical (unpaired) electrons. The molecule has 2 N–H and O–H groups in total. The molecule has 19 heavy (non-hydrogen) atoms. The third-order valence-corrected chi connectivity index (χ3v) is 4.05. The first-order valence-corrected chi connectivity index (χ1v) is 6.86. The van der Waals surface area contributed by atoms with Crippen molar-refractivity contribution in [2.45, 2.75) is 20.8 Å². The van der Waals surface area contributed by atoms with E-state index >= 15 is 0 Å². The number of nitrogens with zero attached hydrogens (tertiary/aromatic N) is 2. The average Bonchev–Trinajstić information content (AvgIpc) is 2.35. The second kappa shape index (κ2) is 5.57. The molecule has 0 bridgehead atoms. The first kappa shape index (κ1) is 13.8. The van der Waals surface area contributed by atoms with Crippen LogP contribution in [0.2, 0.25) is 0 Å². The van der Waals surface area contributed by atoms with Crippen LogP contribution in [-0.2, 0) is 0 Å². The number of hydrogen-bond acceptors (Lipinski definition) is 4. The van der Waals surface area contributed by atoms with E-state index < -0.39 is 0 Å². The van der Waals surface area contributed by atoms with Gasteiger partial charge in [0.25, 0.3) is 0 Å². The molecular formula is C14H17BrN4. The normalized spacial score (nSPS) is 10.4. The molecule has 0 saturated heterocycles. The van der Waals surface area contributed by atoms with E-state index in [9.17, 15) is 0 Å². The highest BCUT2D eigenvalue weighted by Gasteiger charge is 2.05. The number of benzene rings is 1. The predicted molar refractivity (Wildman–Crippen MR) is 83.2 cm³/mol. The van der Waals surface area contributed by atoms with Gasteiger partial charge in [0.05, 0.1) is 0 Å². The molecule has 0 saturated carbocycles. The van der Waals surface area contributed by atoms with Crippen molar-refractivity contribution in [3.63, 3.8) is 0 Å². The van der Waals surface area contributed by atoms with Gasteiger partial charge >= 0.3 is 0 Å². The van der Waals surface area contributed by atoms with Crippen molar-refractivity contribution in [1.82, 2.24) is 9.97 Å². The molecule has 4 nitrogen and oxygen atoms in total. The molecule has 1 aromatic heterocycles. The highest BCUT2D eigenvalue weighted by Crippen LogP contribution is 2.26. The van der Waals surface area contributed by atoms with Crippen LogP contribution in [0.25, 0.3) is 0 Å². The molecule has 0 spiro atoms. The Labute approximate surface area is 121 Å². The van der Waals surface area contributed by atoms with E-state index in [1.54, 1.807) is 0 Å². The van der Waals surface area contributed by atoms with Crippen LogP contribution in [0, 0.1) is 20.8 Å². The molecule has 100 valence electrons. The van der Waals surface area contributed by atoms with Gasteiger partial charge in [0.2, 0.25) is 0 Å². The highest BCUT2D eigenvalue weighted by atomic mass is 79.9. The Kier molecular flexibility index (Phi) is 4.04. The van der Waals surface area contributed by atoms with Crippen LogP contribution in [0.1, 0.15) is 17.0 Å². The molecule has 0 amide bonds. The molecule has 2 aromatic rings. The summed E-state index contributed by atoms with van der Waals surface area (Å²) in [5.74, 6) is 2.33. The van der Waals surface area contributed by atoms with Gasteiger partial charge in [-0.05, 0) is 44.0 Å². The van der Waals surface area contributed by atoms with E-state index in [0.717, 1.165) is 27.6 Å². The summed E-state index contributed by atoms with van der Waals surface area (Å²) in [6, 6.07) is 6.07. The van der Waals surface area contributed by atoms with Crippen molar-refractivity contribution in [1.29, 1.82) is 0 Å². The topological polar surface area (TPSA) is 49.8 Å². The zero-order valence-corrected chi connectivity index (χ0v) is 13.1. The lowest BCUT2D eigenvalue weighted by atomic mass is 10.1. The van der Waals surface area contributed by atoms with E-state index in [0.29, 0.717) is 0 Å². The number of anilines is 3. The predicted octanol–water partition coefficient (Wildman–Crippen LogP) is 3.95. The standard InChI is InChI=1S/C14H17BrN4/c1-8-5-11(6-9(2)14(8)15)19-13-7-12(16-4)17-10(3)18-13/h5-7H,1-4H3,(H2,16,17,18,19). The summed E-state index contributed by atoms with van der Waals surface area (Å²) >= 11 is 3.57. The van der Waals surface area contributed by atoms with E-state index in [2.05, 4.69) is 62.5 Å². The summed E-state index contributed by atoms with van der Waals surface area (Å²) in [5.41, 5.74) is 3.42. The Morgan fingerprint density at radius 1 is 0.947 bits per heavy atom. The van der Waals surface area contributed by atoms with Gasteiger partial charge in [-0.15, -0.1) is 0 Å². The van der Waals surface area contributed by atoms with Crippen molar-refractivity contribution >= 4 is 33.3 Å². The third-order valence-electron chi connectivity index (χ3n) is 2.80. The fourth-order valence-electron chi connectivity index (χ4n) is 1.93. The van der Waals surface area contributed by atoms with Gasteiger partial charge < -0.3 is 10.6 Å². The molecule has 0 aliphatic rings. The maximum Gasteiger partial charge on any atom is 0.136 e. The van der Waals surface area contributed by atoms with Gasteiger partial charge in [-0.1, -0.05) is 15.9 Å². The minimum Gasteiger partial charge on any atom is -0.373 e. The van der Waals surface area contributed by atoms with Crippen molar-refractivity contribution in [3.05, 3.63) is 39.6 Å². The van der Waals surface area contributed by atoms with Crippen molar-refractivity contribution in [3.8, 4) is 0 Å². The highest BCUT2D eigenvalue weighted by molar-refractivity contribution is 9.10. The number of rotatable bonds is 3.